The third-order valence-corrected chi connectivity index (χ3v) is 8.78. The Bertz CT molecular complexity index is 1330. The number of primary amides is 1. The van der Waals surface area contributed by atoms with Gasteiger partial charge in [-0.2, -0.15) is 4.98 Å². The first-order valence-corrected chi connectivity index (χ1v) is 18.3. The molecule has 1 amide bonds. The zero-order chi connectivity index (χ0) is 35.9. The van der Waals surface area contributed by atoms with E-state index in [2.05, 4.69) is 55.1 Å². The van der Waals surface area contributed by atoms with Crippen molar-refractivity contribution in [3.8, 4) is 0 Å². The van der Waals surface area contributed by atoms with E-state index in [0.29, 0.717) is 6.04 Å². The average molecular weight is 684 g/mol. The lowest BCUT2D eigenvalue weighted by Crippen LogP contribution is -2.46. The molecule has 1 aliphatic carbocycles. The van der Waals surface area contributed by atoms with Crippen molar-refractivity contribution < 1.29 is 4.79 Å². The minimum Gasteiger partial charge on any atom is -0.369 e. The second kappa shape index (κ2) is 24.8. The number of nitrogens with two attached hydrogens (primary N) is 1. The number of aromatic nitrogens is 6. The van der Waals surface area contributed by atoms with Crippen LogP contribution in [0.3, 0.4) is 0 Å². The monoisotopic (exact) mass is 684 g/mol. The van der Waals surface area contributed by atoms with E-state index >= 15 is 0 Å². The number of nitrogens with one attached hydrogen (secondary N) is 4. The average Bonchev–Trinajstić information content (AvgIpc) is 3.51. The van der Waals surface area contributed by atoms with Crippen molar-refractivity contribution in [2.45, 2.75) is 97.9 Å². The third-order valence-electron chi connectivity index (χ3n) is 8.78. The van der Waals surface area contributed by atoms with Crippen molar-refractivity contribution in [1.82, 2.24) is 50.3 Å². The summed E-state index contributed by atoms with van der Waals surface area (Å²) < 4.78 is 3.32. The Morgan fingerprint density at radius 3 is 1.82 bits per heavy atom. The Kier molecular flexibility index (Phi) is 21.2. The van der Waals surface area contributed by atoms with Gasteiger partial charge in [0.25, 0.3) is 0 Å². The molecule has 4 aliphatic rings. The molecule has 276 valence electrons. The minimum atomic E-state index is -0.199. The molecule has 13 nitrogen and oxygen atoms in total. The quantitative estimate of drug-likeness (QED) is 0.257. The highest BCUT2D eigenvalue weighted by molar-refractivity contribution is 5.76. The van der Waals surface area contributed by atoms with E-state index in [0.717, 1.165) is 74.0 Å². The topological polar surface area (TPSA) is 170 Å². The van der Waals surface area contributed by atoms with Crippen LogP contribution in [-0.2, 0) is 18.9 Å². The number of nitrogens with zero attached hydrogens (tertiary/aromatic N) is 6. The molecule has 3 saturated heterocycles. The van der Waals surface area contributed by atoms with Crippen LogP contribution in [0.2, 0.25) is 0 Å². The second-order valence-corrected chi connectivity index (χ2v) is 13.5. The lowest BCUT2D eigenvalue weighted by molar-refractivity contribution is -0.122. The van der Waals surface area contributed by atoms with Gasteiger partial charge in [-0.3, -0.25) is 4.79 Å². The Balaban J connectivity index is 0.000000206. The standard InChI is InChI=1S/C7H8N4.C6H8N2O.C6H12N2O.C6H13N.C6H12.C5H12N2/c1-5-6-7(9-3-8-5)11(2)4-10-6;1-5-3-4-8(2)6(9)7-5;7-6(9)5-2-1-3-8-4-5;1-6-3-2-4-7-5-6;1-2-4-6-5-3-1;1-5-4-6-2-3-7-5/h3-4H,1-2H3;3-4H,1-2H3;5,8H,1-4H2,(H2,7,9);6-7H,2-5H2,1H3;1-6H2;5-7H,2-4H2,1H3. The van der Waals surface area contributed by atoms with Crippen molar-refractivity contribution in [3.63, 3.8) is 0 Å². The molecule has 6 heterocycles. The lowest BCUT2D eigenvalue weighted by atomic mass is 9.99. The molecule has 3 aliphatic heterocycles. The Morgan fingerprint density at radius 2 is 1.43 bits per heavy atom. The fourth-order valence-corrected chi connectivity index (χ4v) is 5.59. The maximum Gasteiger partial charge on any atom is 0.347 e. The molecular weight excluding hydrogens is 618 g/mol. The van der Waals surface area contributed by atoms with Crippen LogP contribution in [0.15, 0.2) is 29.7 Å². The van der Waals surface area contributed by atoms with E-state index in [1.807, 2.05) is 18.5 Å². The molecule has 0 aromatic carbocycles. The van der Waals surface area contributed by atoms with Gasteiger partial charge in [0, 0.05) is 58.2 Å². The third kappa shape index (κ3) is 18.3. The van der Waals surface area contributed by atoms with Gasteiger partial charge < -0.3 is 36.1 Å². The second-order valence-electron chi connectivity index (χ2n) is 13.5. The fourth-order valence-electron chi connectivity index (χ4n) is 5.59. The fraction of sp³-hybridized carbons (Fsp3) is 0.722. The molecule has 4 fully saturated rings. The van der Waals surface area contributed by atoms with E-state index in [-0.39, 0.29) is 17.5 Å². The molecule has 0 radical (unpaired) electrons. The van der Waals surface area contributed by atoms with Crippen LogP contribution >= 0.6 is 0 Å². The highest BCUT2D eigenvalue weighted by atomic mass is 16.1. The molecule has 1 saturated carbocycles. The number of aryl methyl sites for hydroxylation is 4. The highest BCUT2D eigenvalue weighted by Gasteiger charge is 2.17. The zero-order valence-electron chi connectivity index (χ0n) is 31.1. The Morgan fingerprint density at radius 1 is 0.796 bits per heavy atom. The van der Waals surface area contributed by atoms with Crippen LogP contribution in [0.25, 0.3) is 11.2 Å². The number of fused-ring (bicyclic) bond motifs is 1. The smallest absolute Gasteiger partial charge is 0.347 e. The van der Waals surface area contributed by atoms with Gasteiger partial charge in [0.1, 0.15) is 11.8 Å². The number of imidazole rings is 1. The van der Waals surface area contributed by atoms with Gasteiger partial charge in [0.15, 0.2) is 5.65 Å². The van der Waals surface area contributed by atoms with Crippen LogP contribution in [0.1, 0.15) is 89.4 Å². The predicted molar refractivity (Wildman–Crippen MR) is 199 cm³/mol. The summed E-state index contributed by atoms with van der Waals surface area (Å²) in [7, 11) is 3.59. The summed E-state index contributed by atoms with van der Waals surface area (Å²) in [4.78, 5) is 37.2. The predicted octanol–water partition coefficient (Wildman–Crippen LogP) is 3.15. The Labute approximate surface area is 294 Å². The summed E-state index contributed by atoms with van der Waals surface area (Å²) in [5.74, 6) is 0.842. The van der Waals surface area contributed by atoms with Crippen molar-refractivity contribution in [2.24, 2.45) is 31.7 Å². The van der Waals surface area contributed by atoms with E-state index in [1.165, 1.54) is 69.0 Å². The molecule has 3 aromatic rings. The van der Waals surface area contributed by atoms with Crippen LogP contribution in [0.4, 0.5) is 0 Å². The van der Waals surface area contributed by atoms with E-state index in [4.69, 9.17) is 5.73 Å². The van der Waals surface area contributed by atoms with Gasteiger partial charge in [0.05, 0.1) is 17.9 Å². The molecular formula is C36H65N11O2. The van der Waals surface area contributed by atoms with Crippen molar-refractivity contribution in [3.05, 3.63) is 46.8 Å². The van der Waals surface area contributed by atoms with Gasteiger partial charge in [0.2, 0.25) is 5.91 Å². The minimum absolute atomic E-state index is 0.0822. The van der Waals surface area contributed by atoms with Gasteiger partial charge in [-0.05, 0) is 78.1 Å². The maximum atomic E-state index is 10.7. The van der Waals surface area contributed by atoms with E-state index in [1.54, 1.807) is 38.9 Å². The first-order valence-electron chi connectivity index (χ1n) is 18.3. The molecule has 6 N–H and O–H groups in total. The molecule has 49 heavy (non-hydrogen) atoms. The van der Waals surface area contributed by atoms with Crippen LogP contribution in [0.5, 0.6) is 0 Å². The number of rotatable bonds is 1. The van der Waals surface area contributed by atoms with E-state index in [9.17, 15) is 9.59 Å². The van der Waals surface area contributed by atoms with Crippen LogP contribution in [0, 0.1) is 25.7 Å². The molecule has 0 bridgehead atoms. The number of amides is 1. The summed E-state index contributed by atoms with van der Waals surface area (Å²) in [6.45, 7) is 15.9. The molecule has 13 heteroatoms. The van der Waals surface area contributed by atoms with Crippen molar-refractivity contribution >= 4 is 17.1 Å². The number of hydrogen-bond donors (Lipinski definition) is 5. The molecule has 3 aromatic heterocycles. The number of hydrogen-bond acceptors (Lipinski definition) is 10. The Hall–Kier alpha value is -3.26. The molecule has 0 spiro atoms. The number of carbonyl (C=O) groups excluding carboxylic acids is 1. The summed E-state index contributed by atoms with van der Waals surface area (Å²) in [6, 6.07) is 2.47. The van der Waals surface area contributed by atoms with E-state index < -0.39 is 0 Å². The number of piperazine rings is 1. The summed E-state index contributed by atoms with van der Waals surface area (Å²) in [6.07, 6.45) is 18.8. The van der Waals surface area contributed by atoms with Crippen molar-refractivity contribution in [2.75, 3.05) is 45.8 Å². The maximum absolute atomic E-state index is 10.7. The van der Waals surface area contributed by atoms with Gasteiger partial charge >= 0.3 is 5.69 Å². The molecule has 7 rings (SSSR count). The largest absolute Gasteiger partial charge is 0.369 e. The number of piperidine rings is 2. The lowest BCUT2D eigenvalue weighted by Gasteiger charge is -2.19. The molecule has 3 unspecified atom stereocenters. The van der Waals surface area contributed by atoms with Crippen LogP contribution < -0.4 is 32.7 Å². The van der Waals surface area contributed by atoms with Gasteiger partial charge in [-0.25, -0.2) is 19.7 Å². The van der Waals surface area contributed by atoms with Crippen molar-refractivity contribution in [1.29, 1.82) is 0 Å². The number of carbonyl (C=O) groups is 1. The first kappa shape index (κ1) is 41.9. The summed E-state index contributed by atoms with van der Waals surface area (Å²) in [5, 5.41) is 13.0. The van der Waals surface area contributed by atoms with Gasteiger partial charge in [-0.1, -0.05) is 45.4 Å². The molecule has 3 atom stereocenters. The SMILES string of the molecule is C1CCCCC1.CC1CCCNC1.CC1CNCCN1.Cc1ccn(C)c(=O)n1.Cc1ncnc2c1ncn2C.NC(=O)C1CCCNC1. The normalized spacial score (nSPS) is 21.6. The van der Waals surface area contributed by atoms with Crippen LogP contribution in [-0.4, -0.2) is 86.8 Å². The highest BCUT2D eigenvalue weighted by Crippen LogP contribution is 2.15. The summed E-state index contributed by atoms with van der Waals surface area (Å²) >= 11 is 0. The first-order chi connectivity index (χ1) is 23.6. The summed E-state index contributed by atoms with van der Waals surface area (Å²) in [5.41, 5.74) is 8.35. The van der Waals surface area contributed by atoms with Gasteiger partial charge in [-0.15, -0.1) is 0 Å². The zero-order valence-corrected chi connectivity index (χ0v) is 31.1.